The maximum absolute atomic E-state index is 12.3. The Hall–Kier alpha value is -2.18. The molecule has 0 aliphatic heterocycles. The number of fused-ring (bicyclic) bond motifs is 1. The van der Waals surface area contributed by atoms with E-state index in [1.54, 1.807) is 24.3 Å². The van der Waals surface area contributed by atoms with Gasteiger partial charge in [-0.15, -0.1) is 0 Å². The molecule has 0 saturated heterocycles. The standard InChI is InChI=1S/C20H22N2O3S/c1-14-7-9-18(10-8-14)26(23,24)25-13-16-11-17(12-16)22-20-6-4-3-5-19(20)15(2)21-22/h3-10,16-17H,11-13H2,1-2H3. The Bertz CT molecular complexity index is 1030. The molecule has 1 heterocycles. The summed E-state index contributed by atoms with van der Waals surface area (Å²) in [5.74, 6) is 0.239. The summed E-state index contributed by atoms with van der Waals surface area (Å²) < 4.78 is 31.9. The van der Waals surface area contributed by atoms with E-state index in [-0.39, 0.29) is 17.4 Å². The number of aryl methyl sites for hydroxylation is 2. The molecule has 0 N–H and O–H groups in total. The van der Waals surface area contributed by atoms with Crippen LogP contribution in [0.25, 0.3) is 10.9 Å². The molecule has 1 aromatic heterocycles. The maximum atomic E-state index is 12.3. The van der Waals surface area contributed by atoms with Gasteiger partial charge in [-0.2, -0.15) is 13.5 Å². The maximum Gasteiger partial charge on any atom is 0.296 e. The van der Waals surface area contributed by atoms with Crippen LogP contribution >= 0.6 is 0 Å². The monoisotopic (exact) mass is 370 g/mol. The topological polar surface area (TPSA) is 61.2 Å². The Morgan fingerprint density at radius 2 is 1.77 bits per heavy atom. The molecule has 4 rings (SSSR count). The third-order valence-electron chi connectivity index (χ3n) is 5.12. The van der Waals surface area contributed by atoms with Gasteiger partial charge in [0.2, 0.25) is 0 Å². The van der Waals surface area contributed by atoms with Gasteiger partial charge in [0.25, 0.3) is 10.1 Å². The van der Waals surface area contributed by atoms with Gasteiger partial charge in [0.15, 0.2) is 0 Å². The van der Waals surface area contributed by atoms with E-state index in [2.05, 4.69) is 21.9 Å². The van der Waals surface area contributed by atoms with Crippen molar-refractivity contribution in [3.8, 4) is 0 Å². The summed E-state index contributed by atoms with van der Waals surface area (Å²) in [6, 6.07) is 15.3. The lowest BCUT2D eigenvalue weighted by Gasteiger charge is -2.35. The summed E-state index contributed by atoms with van der Waals surface area (Å²) >= 11 is 0. The van der Waals surface area contributed by atoms with Gasteiger partial charge in [0, 0.05) is 5.39 Å². The van der Waals surface area contributed by atoms with Crippen LogP contribution in [0, 0.1) is 19.8 Å². The molecule has 0 unspecified atom stereocenters. The Balaban J connectivity index is 1.39. The first-order chi connectivity index (χ1) is 12.4. The molecular formula is C20H22N2O3S. The van der Waals surface area contributed by atoms with Gasteiger partial charge in [-0.25, -0.2) is 0 Å². The molecule has 0 spiro atoms. The minimum absolute atomic E-state index is 0.215. The summed E-state index contributed by atoms with van der Waals surface area (Å²) in [5.41, 5.74) is 3.19. The zero-order valence-corrected chi connectivity index (χ0v) is 15.7. The normalized spacial score (nSPS) is 20.2. The van der Waals surface area contributed by atoms with Gasteiger partial charge in [0.1, 0.15) is 0 Å². The molecule has 136 valence electrons. The molecule has 3 aromatic rings. The SMILES string of the molecule is Cc1ccc(S(=O)(=O)OCC2CC(n3nc(C)c4ccccc43)C2)cc1. The average Bonchev–Trinajstić information content (AvgIpc) is 2.91. The molecule has 1 fully saturated rings. The van der Waals surface area contributed by atoms with Crippen LogP contribution in [0.3, 0.4) is 0 Å². The number of nitrogens with zero attached hydrogens (tertiary/aromatic N) is 2. The van der Waals surface area contributed by atoms with Gasteiger partial charge in [-0.05, 0) is 50.8 Å². The van der Waals surface area contributed by atoms with Crippen molar-refractivity contribution in [1.29, 1.82) is 0 Å². The van der Waals surface area contributed by atoms with Crippen LogP contribution in [0.1, 0.15) is 30.1 Å². The Kier molecular flexibility index (Phi) is 4.32. The van der Waals surface area contributed by atoms with Crippen LogP contribution in [0.5, 0.6) is 0 Å². The van der Waals surface area contributed by atoms with E-state index in [9.17, 15) is 8.42 Å². The highest BCUT2D eigenvalue weighted by atomic mass is 32.2. The molecule has 6 heteroatoms. The molecule has 0 atom stereocenters. The van der Waals surface area contributed by atoms with E-state index in [0.717, 1.165) is 29.6 Å². The number of aromatic nitrogens is 2. The second-order valence-electron chi connectivity index (χ2n) is 7.09. The minimum atomic E-state index is -3.68. The molecule has 5 nitrogen and oxygen atoms in total. The van der Waals surface area contributed by atoms with Gasteiger partial charge < -0.3 is 0 Å². The van der Waals surface area contributed by atoms with Crippen LogP contribution < -0.4 is 0 Å². The summed E-state index contributed by atoms with van der Waals surface area (Å²) in [4.78, 5) is 0.215. The van der Waals surface area contributed by atoms with E-state index in [1.165, 1.54) is 5.39 Å². The fourth-order valence-electron chi connectivity index (χ4n) is 3.52. The average molecular weight is 370 g/mol. The van der Waals surface area contributed by atoms with Crippen LogP contribution in [0.2, 0.25) is 0 Å². The second-order valence-corrected chi connectivity index (χ2v) is 8.71. The van der Waals surface area contributed by atoms with Crippen molar-refractivity contribution in [2.24, 2.45) is 5.92 Å². The number of rotatable bonds is 5. The van der Waals surface area contributed by atoms with Crippen molar-refractivity contribution < 1.29 is 12.6 Å². The van der Waals surface area contributed by atoms with E-state index in [0.29, 0.717) is 6.04 Å². The number of para-hydroxylation sites is 1. The second kappa shape index (κ2) is 6.52. The molecule has 0 bridgehead atoms. The highest BCUT2D eigenvalue weighted by Crippen LogP contribution is 2.40. The predicted octanol–water partition coefficient (Wildman–Crippen LogP) is 4.01. The van der Waals surface area contributed by atoms with Crippen LogP contribution in [-0.4, -0.2) is 24.8 Å². The highest BCUT2D eigenvalue weighted by Gasteiger charge is 2.33. The molecule has 0 radical (unpaired) electrons. The number of benzene rings is 2. The lowest BCUT2D eigenvalue weighted by atomic mass is 9.81. The number of hydrogen-bond acceptors (Lipinski definition) is 4. The molecule has 1 aliphatic rings. The van der Waals surface area contributed by atoms with Crippen molar-refractivity contribution in [3.05, 3.63) is 59.8 Å². The first-order valence-electron chi connectivity index (χ1n) is 8.84. The fraction of sp³-hybridized carbons (Fsp3) is 0.350. The van der Waals surface area contributed by atoms with Crippen LogP contribution in [-0.2, 0) is 14.3 Å². The van der Waals surface area contributed by atoms with Gasteiger partial charge in [-0.1, -0.05) is 35.9 Å². The molecule has 26 heavy (non-hydrogen) atoms. The quantitative estimate of drug-likeness (QED) is 0.637. The third kappa shape index (κ3) is 3.15. The van der Waals surface area contributed by atoms with Crippen LogP contribution in [0.15, 0.2) is 53.4 Å². The van der Waals surface area contributed by atoms with E-state index < -0.39 is 10.1 Å². The molecule has 0 amide bonds. The minimum Gasteiger partial charge on any atom is -0.266 e. The molecular weight excluding hydrogens is 348 g/mol. The lowest BCUT2D eigenvalue weighted by molar-refractivity contribution is 0.123. The van der Waals surface area contributed by atoms with E-state index in [1.807, 2.05) is 26.0 Å². The van der Waals surface area contributed by atoms with Crippen LogP contribution in [0.4, 0.5) is 0 Å². The summed E-state index contributed by atoms with van der Waals surface area (Å²) in [5, 5.41) is 5.84. The Morgan fingerprint density at radius 1 is 1.08 bits per heavy atom. The highest BCUT2D eigenvalue weighted by molar-refractivity contribution is 7.86. The van der Waals surface area contributed by atoms with Crippen molar-refractivity contribution in [3.63, 3.8) is 0 Å². The van der Waals surface area contributed by atoms with Crippen molar-refractivity contribution in [2.45, 2.75) is 37.6 Å². The lowest BCUT2D eigenvalue weighted by Crippen LogP contribution is -2.31. The Labute approximate surface area is 153 Å². The summed E-state index contributed by atoms with van der Waals surface area (Å²) in [6.45, 7) is 4.17. The van der Waals surface area contributed by atoms with E-state index >= 15 is 0 Å². The summed E-state index contributed by atoms with van der Waals surface area (Å²) in [7, 11) is -3.68. The predicted molar refractivity (Wildman–Crippen MR) is 101 cm³/mol. The van der Waals surface area contributed by atoms with Gasteiger partial charge in [-0.3, -0.25) is 8.86 Å². The largest absolute Gasteiger partial charge is 0.296 e. The first kappa shape index (κ1) is 17.2. The van der Waals surface area contributed by atoms with Gasteiger partial charge >= 0.3 is 0 Å². The third-order valence-corrected chi connectivity index (χ3v) is 6.42. The smallest absolute Gasteiger partial charge is 0.266 e. The Morgan fingerprint density at radius 3 is 2.50 bits per heavy atom. The summed E-state index contributed by atoms with van der Waals surface area (Å²) in [6.07, 6.45) is 1.77. The molecule has 1 saturated carbocycles. The van der Waals surface area contributed by atoms with Crippen molar-refractivity contribution in [1.82, 2.24) is 9.78 Å². The fourth-order valence-corrected chi connectivity index (χ4v) is 4.50. The zero-order chi connectivity index (χ0) is 18.3. The van der Waals surface area contributed by atoms with Gasteiger partial charge in [0.05, 0.1) is 28.8 Å². The molecule has 2 aromatic carbocycles. The van der Waals surface area contributed by atoms with Crippen molar-refractivity contribution >= 4 is 21.0 Å². The van der Waals surface area contributed by atoms with E-state index in [4.69, 9.17) is 4.18 Å². The first-order valence-corrected chi connectivity index (χ1v) is 10.2. The zero-order valence-electron chi connectivity index (χ0n) is 14.9. The number of hydrogen-bond donors (Lipinski definition) is 0. The van der Waals surface area contributed by atoms with Crippen molar-refractivity contribution in [2.75, 3.05) is 6.61 Å². The molecule has 1 aliphatic carbocycles.